The van der Waals surface area contributed by atoms with Gasteiger partial charge in [0.2, 0.25) is 0 Å². The predicted octanol–water partition coefficient (Wildman–Crippen LogP) is 4.69. The molecule has 2 aromatic rings. The van der Waals surface area contributed by atoms with Crippen LogP contribution in [0, 0.1) is 0 Å². The molecule has 0 aliphatic carbocycles. The number of rotatable bonds is 4. The van der Waals surface area contributed by atoms with E-state index < -0.39 is 0 Å². The lowest BCUT2D eigenvalue weighted by Gasteiger charge is -2.02. The van der Waals surface area contributed by atoms with Gasteiger partial charge in [-0.05, 0) is 41.8 Å². The lowest BCUT2D eigenvalue weighted by molar-refractivity contribution is -0.137. The number of carbonyl (C=O) groups excluding carboxylic acids is 1. The van der Waals surface area contributed by atoms with Gasteiger partial charge in [-0.25, -0.2) is 4.79 Å². The minimum absolute atomic E-state index is 0.315. The van der Waals surface area contributed by atoms with E-state index in [1.165, 1.54) is 6.08 Å². The molecule has 0 atom stereocenters. The Bertz CT molecular complexity index is 598. The standard InChI is InChI=1S/C17H15BrO2/c1-2-20-17(19)12-5-13-3-6-14(7-4-13)15-8-10-16(18)11-9-15/h3-12H,2H2,1H3/b12-5-. The Hall–Kier alpha value is -1.87. The summed E-state index contributed by atoms with van der Waals surface area (Å²) in [4.78, 5) is 11.2. The van der Waals surface area contributed by atoms with Crippen molar-refractivity contribution in [3.8, 4) is 11.1 Å². The van der Waals surface area contributed by atoms with Crippen LogP contribution in [-0.4, -0.2) is 12.6 Å². The van der Waals surface area contributed by atoms with Gasteiger partial charge in [0.15, 0.2) is 0 Å². The van der Waals surface area contributed by atoms with Gasteiger partial charge < -0.3 is 4.74 Å². The minimum atomic E-state index is -0.315. The fourth-order valence-corrected chi connectivity index (χ4v) is 2.05. The van der Waals surface area contributed by atoms with Crippen molar-refractivity contribution in [2.75, 3.05) is 6.61 Å². The van der Waals surface area contributed by atoms with E-state index in [4.69, 9.17) is 4.74 Å². The van der Waals surface area contributed by atoms with Crippen molar-refractivity contribution in [2.24, 2.45) is 0 Å². The van der Waals surface area contributed by atoms with E-state index in [1.807, 2.05) is 36.4 Å². The molecule has 0 heterocycles. The second-order valence-electron chi connectivity index (χ2n) is 4.21. The monoisotopic (exact) mass is 330 g/mol. The Kier molecular flexibility index (Phi) is 5.13. The molecule has 0 aliphatic rings. The second-order valence-corrected chi connectivity index (χ2v) is 5.13. The normalized spacial score (nSPS) is 10.7. The van der Waals surface area contributed by atoms with E-state index in [2.05, 4.69) is 28.1 Å². The molecule has 2 aromatic carbocycles. The summed E-state index contributed by atoms with van der Waals surface area (Å²) < 4.78 is 5.90. The molecule has 3 heteroatoms. The molecule has 0 unspecified atom stereocenters. The van der Waals surface area contributed by atoms with Crippen LogP contribution in [0.15, 0.2) is 59.1 Å². The van der Waals surface area contributed by atoms with E-state index in [1.54, 1.807) is 13.0 Å². The third-order valence-electron chi connectivity index (χ3n) is 2.79. The molecule has 0 radical (unpaired) electrons. The molecule has 2 nitrogen and oxygen atoms in total. The summed E-state index contributed by atoms with van der Waals surface area (Å²) in [5.74, 6) is -0.315. The number of hydrogen-bond donors (Lipinski definition) is 0. The maximum absolute atomic E-state index is 11.2. The highest BCUT2D eigenvalue weighted by Gasteiger charge is 1.98. The quantitative estimate of drug-likeness (QED) is 0.600. The topological polar surface area (TPSA) is 26.3 Å². The van der Waals surface area contributed by atoms with Crippen molar-refractivity contribution in [1.29, 1.82) is 0 Å². The number of halogens is 1. The second kappa shape index (κ2) is 7.06. The molecule has 0 aliphatic heterocycles. The zero-order valence-corrected chi connectivity index (χ0v) is 12.8. The van der Waals surface area contributed by atoms with Gasteiger partial charge >= 0.3 is 5.97 Å². The Labute approximate surface area is 127 Å². The van der Waals surface area contributed by atoms with E-state index in [0.717, 1.165) is 21.2 Å². The van der Waals surface area contributed by atoms with Crippen LogP contribution in [0.1, 0.15) is 12.5 Å². The largest absolute Gasteiger partial charge is 0.463 e. The number of carbonyl (C=O) groups is 1. The average molecular weight is 331 g/mol. The van der Waals surface area contributed by atoms with Gasteiger partial charge in [-0.3, -0.25) is 0 Å². The Morgan fingerprint density at radius 3 is 2.15 bits per heavy atom. The molecular weight excluding hydrogens is 316 g/mol. The van der Waals surface area contributed by atoms with Crippen molar-refractivity contribution < 1.29 is 9.53 Å². The average Bonchev–Trinajstić information content (AvgIpc) is 2.47. The number of esters is 1. The van der Waals surface area contributed by atoms with Crippen LogP contribution in [0.3, 0.4) is 0 Å². The molecular formula is C17H15BrO2. The van der Waals surface area contributed by atoms with Crippen molar-refractivity contribution in [2.45, 2.75) is 6.92 Å². The smallest absolute Gasteiger partial charge is 0.330 e. The molecule has 0 amide bonds. The predicted molar refractivity (Wildman–Crippen MR) is 85.2 cm³/mol. The summed E-state index contributed by atoms with van der Waals surface area (Å²) >= 11 is 3.42. The highest BCUT2D eigenvalue weighted by molar-refractivity contribution is 9.10. The molecule has 20 heavy (non-hydrogen) atoms. The van der Waals surface area contributed by atoms with E-state index in [9.17, 15) is 4.79 Å². The van der Waals surface area contributed by atoms with Crippen molar-refractivity contribution >= 4 is 28.0 Å². The minimum Gasteiger partial charge on any atom is -0.463 e. The summed E-state index contributed by atoms with van der Waals surface area (Å²) in [5.41, 5.74) is 3.28. The van der Waals surface area contributed by atoms with Gasteiger partial charge in [0.25, 0.3) is 0 Å². The molecule has 0 saturated heterocycles. The van der Waals surface area contributed by atoms with Crippen molar-refractivity contribution in [1.82, 2.24) is 0 Å². The van der Waals surface area contributed by atoms with Gasteiger partial charge in [-0.15, -0.1) is 0 Å². The van der Waals surface area contributed by atoms with Crippen molar-refractivity contribution in [3.05, 3.63) is 64.6 Å². The lowest BCUT2D eigenvalue weighted by Crippen LogP contribution is -1.98. The third-order valence-corrected chi connectivity index (χ3v) is 3.32. The maximum atomic E-state index is 11.2. The molecule has 0 N–H and O–H groups in total. The van der Waals surface area contributed by atoms with Gasteiger partial charge in [0, 0.05) is 10.5 Å². The Balaban J connectivity index is 2.10. The number of ether oxygens (including phenoxy) is 1. The Morgan fingerprint density at radius 1 is 1.05 bits per heavy atom. The molecule has 0 aromatic heterocycles. The first kappa shape index (κ1) is 14.5. The summed E-state index contributed by atoms with van der Waals surface area (Å²) in [5, 5.41) is 0. The fourth-order valence-electron chi connectivity index (χ4n) is 1.78. The van der Waals surface area contributed by atoms with E-state index in [-0.39, 0.29) is 5.97 Å². The highest BCUT2D eigenvalue weighted by Crippen LogP contribution is 2.22. The first-order valence-electron chi connectivity index (χ1n) is 6.40. The molecule has 0 saturated carbocycles. The van der Waals surface area contributed by atoms with Crippen LogP contribution in [0.2, 0.25) is 0 Å². The number of hydrogen-bond acceptors (Lipinski definition) is 2. The Morgan fingerprint density at radius 2 is 1.60 bits per heavy atom. The number of benzene rings is 2. The van der Waals surface area contributed by atoms with Crippen LogP contribution in [0.4, 0.5) is 0 Å². The van der Waals surface area contributed by atoms with Gasteiger partial charge in [-0.2, -0.15) is 0 Å². The molecule has 2 rings (SSSR count). The van der Waals surface area contributed by atoms with E-state index in [0.29, 0.717) is 6.61 Å². The van der Waals surface area contributed by atoms with Crippen molar-refractivity contribution in [3.63, 3.8) is 0 Å². The van der Waals surface area contributed by atoms with Gasteiger partial charge in [0.05, 0.1) is 6.61 Å². The molecule has 102 valence electrons. The summed E-state index contributed by atoms with van der Waals surface area (Å²) in [7, 11) is 0. The summed E-state index contributed by atoms with van der Waals surface area (Å²) in [6.07, 6.45) is 3.20. The molecule has 0 bridgehead atoms. The zero-order valence-electron chi connectivity index (χ0n) is 11.2. The zero-order chi connectivity index (χ0) is 14.4. The van der Waals surface area contributed by atoms with Crippen LogP contribution in [0.5, 0.6) is 0 Å². The van der Waals surface area contributed by atoms with E-state index >= 15 is 0 Å². The first-order chi connectivity index (χ1) is 9.69. The summed E-state index contributed by atoms with van der Waals surface area (Å²) in [6.45, 7) is 2.18. The van der Waals surface area contributed by atoms with Crippen LogP contribution < -0.4 is 0 Å². The van der Waals surface area contributed by atoms with Crippen LogP contribution >= 0.6 is 15.9 Å². The molecule has 0 spiro atoms. The highest BCUT2D eigenvalue weighted by atomic mass is 79.9. The summed E-state index contributed by atoms with van der Waals surface area (Å²) in [6, 6.07) is 16.2. The molecule has 0 fully saturated rings. The lowest BCUT2D eigenvalue weighted by atomic mass is 10.0. The van der Waals surface area contributed by atoms with Gasteiger partial charge in [0.1, 0.15) is 0 Å². The first-order valence-corrected chi connectivity index (χ1v) is 7.19. The SMILES string of the molecule is CCOC(=O)/C=C\c1ccc(-c2ccc(Br)cc2)cc1. The maximum Gasteiger partial charge on any atom is 0.330 e. The van der Waals surface area contributed by atoms with Gasteiger partial charge in [-0.1, -0.05) is 52.3 Å². The van der Waals surface area contributed by atoms with Crippen LogP contribution in [-0.2, 0) is 9.53 Å². The third kappa shape index (κ3) is 4.07. The fraction of sp³-hybridized carbons (Fsp3) is 0.118. The van der Waals surface area contributed by atoms with Crippen LogP contribution in [0.25, 0.3) is 17.2 Å².